The molecule has 2 rings (SSSR count). The number of amides is 1. The Kier molecular flexibility index (Phi) is 4.38. The fourth-order valence-corrected chi connectivity index (χ4v) is 3.04. The van der Waals surface area contributed by atoms with Crippen LogP contribution in [0, 0.1) is 11.8 Å². The zero-order valence-electron chi connectivity index (χ0n) is 11.2. The number of likely N-dealkylation sites (tertiary alicyclic amines) is 1. The van der Waals surface area contributed by atoms with Gasteiger partial charge in [0.05, 0.1) is 5.92 Å². The summed E-state index contributed by atoms with van der Waals surface area (Å²) in [4.78, 5) is 13.9. The molecule has 1 amide bonds. The van der Waals surface area contributed by atoms with E-state index >= 15 is 0 Å². The number of carbonyl (C=O) groups excluding carboxylic acids is 1. The number of halogens is 3. The molecule has 0 radical (unpaired) electrons. The summed E-state index contributed by atoms with van der Waals surface area (Å²) in [5.74, 6) is -1.20. The van der Waals surface area contributed by atoms with Gasteiger partial charge in [-0.1, -0.05) is 0 Å². The van der Waals surface area contributed by atoms with Gasteiger partial charge in [0.2, 0.25) is 5.91 Å². The average molecular weight is 278 g/mol. The smallest absolute Gasteiger partial charge is 0.342 e. The van der Waals surface area contributed by atoms with Crippen LogP contribution in [-0.4, -0.2) is 42.7 Å². The predicted molar refractivity (Wildman–Crippen MR) is 65.5 cm³/mol. The third kappa shape index (κ3) is 3.61. The highest BCUT2D eigenvalue weighted by Gasteiger charge is 2.42. The number of rotatable bonds is 1. The van der Waals surface area contributed by atoms with E-state index in [2.05, 4.69) is 5.32 Å². The third-order valence-electron chi connectivity index (χ3n) is 4.24. The zero-order valence-corrected chi connectivity index (χ0v) is 11.2. The second-order valence-corrected chi connectivity index (χ2v) is 5.72. The van der Waals surface area contributed by atoms with Gasteiger partial charge < -0.3 is 10.2 Å². The fraction of sp³-hybridized carbons (Fsp3) is 0.923. The molecule has 110 valence electrons. The Balaban J connectivity index is 1.85. The maximum atomic E-state index is 12.6. The van der Waals surface area contributed by atoms with Gasteiger partial charge in [-0.2, -0.15) is 13.2 Å². The summed E-state index contributed by atoms with van der Waals surface area (Å²) in [6, 6.07) is 0.315. The van der Waals surface area contributed by atoms with Crippen LogP contribution in [0.4, 0.5) is 13.2 Å². The van der Waals surface area contributed by atoms with Crippen molar-refractivity contribution >= 4 is 5.91 Å². The molecule has 2 atom stereocenters. The zero-order chi connectivity index (χ0) is 14.0. The molecule has 0 bridgehead atoms. The number of carbonyl (C=O) groups is 1. The third-order valence-corrected chi connectivity index (χ3v) is 4.24. The van der Waals surface area contributed by atoms with Crippen molar-refractivity contribution in [1.29, 1.82) is 0 Å². The van der Waals surface area contributed by atoms with Crippen molar-refractivity contribution in [1.82, 2.24) is 10.2 Å². The standard InChI is InChI=1S/C13H21F3N2O/c1-9-8-10(2-5-17-9)12(19)18-6-3-11(4-7-18)13(14,15)16/h9-11,17H,2-8H2,1H3/t9-,10-/m0/s1. The van der Waals surface area contributed by atoms with Crippen LogP contribution in [0.3, 0.4) is 0 Å². The topological polar surface area (TPSA) is 32.3 Å². The van der Waals surface area contributed by atoms with Crippen LogP contribution in [0.15, 0.2) is 0 Å². The van der Waals surface area contributed by atoms with Crippen molar-refractivity contribution < 1.29 is 18.0 Å². The Bertz CT molecular complexity index is 324. The molecule has 0 aliphatic carbocycles. The quantitative estimate of drug-likeness (QED) is 0.797. The molecule has 0 unspecified atom stereocenters. The van der Waals surface area contributed by atoms with Gasteiger partial charge in [-0.3, -0.25) is 4.79 Å². The molecular weight excluding hydrogens is 257 g/mol. The van der Waals surface area contributed by atoms with Crippen LogP contribution >= 0.6 is 0 Å². The van der Waals surface area contributed by atoms with Crippen LogP contribution in [0.1, 0.15) is 32.6 Å². The van der Waals surface area contributed by atoms with E-state index in [0.717, 1.165) is 19.4 Å². The Hall–Kier alpha value is -0.780. The van der Waals surface area contributed by atoms with Crippen LogP contribution < -0.4 is 5.32 Å². The largest absolute Gasteiger partial charge is 0.391 e. The summed E-state index contributed by atoms with van der Waals surface area (Å²) in [5, 5.41) is 3.28. The van der Waals surface area contributed by atoms with Gasteiger partial charge in [-0.25, -0.2) is 0 Å². The molecule has 0 aromatic heterocycles. The fourth-order valence-electron chi connectivity index (χ4n) is 3.04. The second-order valence-electron chi connectivity index (χ2n) is 5.72. The molecule has 0 saturated carbocycles. The molecule has 2 heterocycles. The van der Waals surface area contributed by atoms with E-state index in [4.69, 9.17) is 0 Å². The van der Waals surface area contributed by atoms with E-state index in [1.54, 1.807) is 4.90 Å². The van der Waals surface area contributed by atoms with Crippen molar-refractivity contribution in [3.8, 4) is 0 Å². The van der Waals surface area contributed by atoms with Gasteiger partial charge in [-0.05, 0) is 39.2 Å². The van der Waals surface area contributed by atoms with Gasteiger partial charge in [-0.15, -0.1) is 0 Å². The van der Waals surface area contributed by atoms with Gasteiger partial charge in [0.25, 0.3) is 0 Å². The molecule has 0 spiro atoms. The molecule has 2 fully saturated rings. The minimum Gasteiger partial charge on any atom is -0.342 e. The first-order valence-corrected chi connectivity index (χ1v) is 6.97. The van der Waals surface area contributed by atoms with E-state index < -0.39 is 12.1 Å². The van der Waals surface area contributed by atoms with E-state index in [1.165, 1.54) is 0 Å². The molecule has 3 nitrogen and oxygen atoms in total. The second kappa shape index (κ2) is 5.69. The lowest BCUT2D eigenvalue weighted by Gasteiger charge is -2.36. The number of nitrogens with zero attached hydrogens (tertiary/aromatic N) is 1. The first-order valence-electron chi connectivity index (χ1n) is 6.97. The molecular formula is C13H21F3N2O. The van der Waals surface area contributed by atoms with E-state index in [0.29, 0.717) is 6.04 Å². The highest BCUT2D eigenvalue weighted by atomic mass is 19.4. The van der Waals surface area contributed by atoms with Crippen molar-refractivity contribution in [3.63, 3.8) is 0 Å². The molecule has 0 aromatic rings. The maximum absolute atomic E-state index is 12.6. The minimum absolute atomic E-state index is 0.0151. The van der Waals surface area contributed by atoms with E-state index in [-0.39, 0.29) is 37.8 Å². The average Bonchev–Trinajstić information content (AvgIpc) is 2.37. The first kappa shape index (κ1) is 14.6. The first-order chi connectivity index (χ1) is 8.88. The lowest BCUT2D eigenvalue weighted by atomic mass is 9.90. The molecule has 0 aromatic carbocycles. The SMILES string of the molecule is C[C@H]1C[C@@H](C(=O)N2CCC(C(F)(F)F)CC2)CCN1. The highest BCUT2D eigenvalue weighted by Crippen LogP contribution is 2.34. The Morgan fingerprint density at radius 1 is 1.21 bits per heavy atom. The van der Waals surface area contributed by atoms with Crippen molar-refractivity contribution in [3.05, 3.63) is 0 Å². The molecule has 2 aliphatic heterocycles. The predicted octanol–water partition coefficient (Wildman–Crippen LogP) is 2.18. The van der Waals surface area contributed by atoms with Gasteiger partial charge in [0.15, 0.2) is 0 Å². The normalized spacial score (nSPS) is 30.4. The van der Waals surface area contributed by atoms with Gasteiger partial charge in [0, 0.05) is 25.0 Å². The molecule has 2 saturated heterocycles. The monoisotopic (exact) mass is 278 g/mol. The number of alkyl halides is 3. The lowest BCUT2D eigenvalue weighted by molar-refractivity contribution is -0.187. The molecule has 2 aliphatic rings. The number of hydrogen-bond donors (Lipinski definition) is 1. The number of piperidine rings is 2. The summed E-state index contributed by atoms with van der Waals surface area (Å²) < 4.78 is 37.7. The van der Waals surface area contributed by atoms with Crippen molar-refractivity contribution in [2.24, 2.45) is 11.8 Å². The van der Waals surface area contributed by atoms with Gasteiger partial charge in [0.1, 0.15) is 0 Å². The van der Waals surface area contributed by atoms with Crippen LogP contribution in [0.2, 0.25) is 0 Å². The van der Waals surface area contributed by atoms with E-state index in [9.17, 15) is 18.0 Å². The number of nitrogens with one attached hydrogen (secondary N) is 1. The Labute approximate surface area is 111 Å². The summed E-state index contributed by atoms with van der Waals surface area (Å²) >= 11 is 0. The summed E-state index contributed by atoms with van der Waals surface area (Å²) in [5.41, 5.74) is 0. The van der Waals surface area contributed by atoms with Crippen LogP contribution in [-0.2, 0) is 4.79 Å². The van der Waals surface area contributed by atoms with Crippen molar-refractivity contribution in [2.45, 2.75) is 44.8 Å². The van der Waals surface area contributed by atoms with Crippen LogP contribution in [0.5, 0.6) is 0 Å². The van der Waals surface area contributed by atoms with Crippen LogP contribution in [0.25, 0.3) is 0 Å². The summed E-state index contributed by atoms with van der Waals surface area (Å²) in [6.45, 7) is 3.36. The van der Waals surface area contributed by atoms with Gasteiger partial charge >= 0.3 is 6.18 Å². The maximum Gasteiger partial charge on any atom is 0.391 e. The lowest BCUT2D eigenvalue weighted by Crippen LogP contribution is -2.47. The van der Waals surface area contributed by atoms with Crippen molar-refractivity contribution in [2.75, 3.05) is 19.6 Å². The Morgan fingerprint density at radius 3 is 2.37 bits per heavy atom. The van der Waals surface area contributed by atoms with E-state index in [1.807, 2.05) is 6.92 Å². The minimum atomic E-state index is -4.11. The summed E-state index contributed by atoms with van der Waals surface area (Å²) in [7, 11) is 0. The molecule has 1 N–H and O–H groups in total. The molecule has 6 heteroatoms. The molecule has 19 heavy (non-hydrogen) atoms. The Morgan fingerprint density at radius 2 is 1.84 bits per heavy atom. The summed E-state index contributed by atoms with van der Waals surface area (Å²) in [6.07, 6.45) is -2.43. The number of hydrogen-bond acceptors (Lipinski definition) is 2. The highest BCUT2D eigenvalue weighted by molar-refractivity contribution is 5.79.